The topological polar surface area (TPSA) is 31.4 Å². The van der Waals surface area contributed by atoms with Gasteiger partial charge in [0.05, 0.1) is 0 Å². The number of hydrogen-bond acceptors (Lipinski definition) is 4. The summed E-state index contributed by atoms with van der Waals surface area (Å²) in [7, 11) is 0. The number of unbranched alkanes of at least 4 members (excludes halogenated alkanes) is 1. The predicted molar refractivity (Wildman–Crippen MR) is 119 cm³/mol. The molecule has 4 heteroatoms. The first-order valence-corrected chi connectivity index (χ1v) is 10.7. The van der Waals surface area contributed by atoms with Crippen molar-refractivity contribution in [3.05, 3.63) is 58.9 Å². The molecular weight excluding hydrogens is 344 g/mol. The maximum atomic E-state index is 4.58. The Labute approximate surface area is 169 Å². The highest BCUT2D eigenvalue weighted by Crippen LogP contribution is 2.36. The van der Waals surface area contributed by atoms with Gasteiger partial charge >= 0.3 is 0 Å². The second kappa shape index (κ2) is 8.36. The van der Waals surface area contributed by atoms with Crippen molar-refractivity contribution in [2.24, 2.45) is 0 Å². The minimum Gasteiger partial charge on any atom is -0.369 e. The number of hydrogen-bond donors (Lipinski definition) is 1. The van der Waals surface area contributed by atoms with Crippen molar-refractivity contribution in [1.29, 1.82) is 0 Å². The Kier molecular flexibility index (Phi) is 5.67. The van der Waals surface area contributed by atoms with Crippen molar-refractivity contribution in [2.45, 2.75) is 39.5 Å². The van der Waals surface area contributed by atoms with Crippen LogP contribution in [0, 0.1) is 6.92 Å². The molecule has 2 aliphatic rings. The number of anilines is 2. The molecule has 1 aromatic heterocycles. The van der Waals surface area contributed by atoms with Crippen molar-refractivity contribution in [3.63, 3.8) is 0 Å². The van der Waals surface area contributed by atoms with Crippen LogP contribution in [0.5, 0.6) is 0 Å². The zero-order chi connectivity index (χ0) is 19.5. The van der Waals surface area contributed by atoms with Gasteiger partial charge in [-0.2, -0.15) is 0 Å². The lowest BCUT2D eigenvalue weighted by molar-refractivity contribution is 0.254. The largest absolute Gasteiger partial charge is 0.369 e. The Morgan fingerprint density at radius 2 is 1.93 bits per heavy atom. The summed E-state index contributed by atoms with van der Waals surface area (Å²) >= 11 is 0. The van der Waals surface area contributed by atoms with Crippen molar-refractivity contribution in [2.75, 3.05) is 42.9 Å². The lowest BCUT2D eigenvalue weighted by Gasteiger charge is -2.36. The Bertz CT molecular complexity index is 849. The van der Waals surface area contributed by atoms with Gasteiger partial charge in [-0.15, -0.1) is 0 Å². The fourth-order valence-corrected chi connectivity index (χ4v) is 4.25. The van der Waals surface area contributed by atoms with Crippen LogP contribution in [-0.2, 0) is 0 Å². The third-order valence-corrected chi connectivity index (χ3v) is 6.07. The maximum Gasteiger partial charge on any atom is 0.132 e. The van der Waals surface area contributed by atoms with Gasteiger partial charge in [-0.1, -0.05) is 44.0 Å². The van der Waals surface area contributed by atoms with Crippen LogP contribution in [0.2, 0.25) is 0 Å². The lowest BCUT2D eigenvalue weighted by Crippen LogP contribution is -2.46. The minimum absolute atomic E-state index is 0.377. The van der Waals surface area contributed by atoms with E-state index in [2.05, 4.69) is 77.3 Å². The first-order valence-electron chi connectivity index (χ1n) is 10.7. The molecule has 4 rings (SSSR count). The zero-order valence-corrected chi connectivity index (χ0v) is 17.4. The van der Waals surface area contributed by atoms with Crippen LogP contribution in [0.1, 0.15) is 49.3 Å². The van der Waals surface area contributed by atoms with Crippen molar-refractivity contribution >= 4 is 17.6 Å². The first-order chi connectivity index (χ1) is 13.6. The highest BCUT2D eigenvalue weighted by Gasteiger charge is 2.22. The van der Waals surface area contributed by atoms with E-state index in [9.17, 15) is 0 Å². The minimum atomic E-state index is 0.377. The number of nitrogens with one attached hydrogen (secondary N) is 1. The molecule has 2 heterocycles. The van der Waals surface area contributed by atoms with Gasteiger partial charge < -0.3 is 10.2 Å². The highest BCUT2D eigenvalue weighted by molar-refractivity contribution is 5.71. The monoisotopic (exact) mass is 376 g/mol. The Morgan fingerprint density at radius 3 is 2.71 bits per heavy atom. The highest BCUT2D eigenvalue weighted by atomic mass is 15.3. The molecule has 1 aromatic carbocycles. The molecule has 1 fully saturated rings. The van der Waals surface area contributed by atoms with Gasteiger partial charge in [-0.25, -0.2) is 4.98 Å². The molecule has 4 nitrogen and oxygen atoms in total. The Morgan fingerprint density at radius 1 is 1.11 bits per heavy atom. The third-order valence-electron chi connectivity index (χ3n) is 6.07. The fraction of sp³-hybridized carbons (Fsp3) is 0.458. The van der Waals surface area contributed by atoms with Gasteiger partial charge in [-0.3, -0.25) is 4.90 Å². The summed E-state index contributed by atoms with van der Waals surface area (Å²) < 4.78 is 0. The molecule has 0 saturated carbocycles. The van der Waals surface area contributed by atoms with Gasteiger partial charge in [0.2, 0.25) is 0 Å². The number of aromatic nitrogens is 1. The SMILES string of the molecule is CCCCN1CCN(c2ccnc(NC3=Cc4ccc(C)cc4C3C)c2)CC1. The van der Waals surface area contributed by atoms with E-state index in [-0.39, 0.29) is 0 Å². The van der Waals surface area contributed by atoms with E-state index in [1.807, 2.05) is 6.20 Å². The summed E-state index contributed by atoms with van der Waals surface area (Å²) in [5.74, 6) is 1.32. The predicted octanol–water partition coefficient (Wildman–Crippen LogP) is 4.88. The van der Waals surface area contributed by atoms with Gasteiger partial charge in [0.25, 0.3) is 0 Å². The number of benzene rings is 1. The van der Waals surface area contributed by atoms with E-state index in [0.29, 0.717) is 5.92 Å². The first kappa shape index (κ1) is 19.0. The molecule has 1 aliphatic carbocycles. The van der Waals surface area contributed by atoms with E-state index in [4.69, 9.17) is 0 Å². The average Bonchev–Trinajstić information content (AvgIpc) is 3.02. The van der Waals surface area contributed by atoms with Crippen LogP contribution < -0.4 is 10.2 Å². The van der Waals surface area contributed by atoms with Crippen LogP contribution in [-0.4, -0.2) is 42.6 Å². The summed E-state index contributed by atoms with van der Waals surface area (Å²) in [6, 6.07) is 11.0. The van der Waals surface area contributed by atoms with Crippen molar-refractivity contribution < 1.29 is 0 Å². The summed E-state index contributed by atoms with van der Waals surface area (Å²) in [6.07, 6.45) is 6.77. The number of rotatable bonds is 6. The fourth-order valence-electron chi connectivity index (χ4n) is 4.25. The maximum absolute atomic E-state index is 4.58. The van der Waals surface area contributed by atoms with Gasteiger partial charge in [-0.05, 0) is 43.2 Å². The molecule has 0 radical (unpaired) electrons. The number of pyridine rings is 1. The normalized spacial score (nSPS) is 19.5. The van der Waals surface area contributed by atoms with E-state index in [1.165, 1.54) is 47.5 Å². The third kappa shape index (κ3) is 4.07. The molecule has 0 spiro atoms. The second-order valence-corrected chi connectivity index (χ2v) is 8.16. The van der Waals surface area contributed by atoms with Crippen LogP contribution in [0.4, 0.5) is 11.5 Å². The van der Waals surface area contributed by atoms with Crippen LogP contribution in [0.25, 0.3) is 6.08 Å². The van der Waals surface area contributed by atoms with Crippen LogP contribution >= 0.6 is 0 Å². The molecule has 28 heavy (non-hydrogen) atoms. The number of fused-ring (bicyclic) bond motifs is 1. The molecule has 2 aromatic rings. The van der Waals surface area contributed by atoms with Gasteiger partial charge in [0.15, 0.2) is 0 Å². The lowest BCUT2D eigenvalue weighted by atomic mass is 9.99. The summed E-state index contributed by atoms with van der Waals surface area (Å²) in [4.78, 5) is 9.65. The van der Waals surface area contributed by atoms with Gasteiger partial charge in [0, 0.05) is 55.7 Å². The molecule has 0 bridgehead atoms. The Balaban J connectivity index is 1.41. The zero-order valence-electron chi connectivity index (χ0n) is 17.4. The second-order valence-electron chi connectivity index (χ2n) is 8.16. The van der Waals surface area contributed by atoms with Crippen LogP contribution in [0.3, 0.4) is 0 Å². The smallest absolute Gasteiger partial charge is 0.132 e. The number of piperazine rings is 1. The summed E-state index contributed by atoms with van der Waals surface area (Å²) in [5.41, 5.74) is 6.54. The van der Waals surface area contributed by atoms with E-state index in [1.54, 1.807) is 0 Å². The standard InChI is InChI=1S/C24H32N4/c1-4-5-10-27-11-13-28(14-12-27)21-8-9-25-24(17-21)26-23-16-20-7-6-18(2)15-22(20)19(23)3/h6-9,15-17,19H,4-5,10-14H2,1-3H3,(H,25,26). The molecule has 1 saturated heterocycles. The Hall–Kier alpha value is -2.33. The van der Waals surface area contributed by atoms with Crippen molar-refractivity contribution in [3.8, 4) is 0 Å². The number of aryl methyl sites for hydroxylation is 1. The molecule has 0 amide bonds. The van der Waals surface area contributed by atoms with Crippen molar-refractivity contribution in [1.82, 2.24) is 9.88 Å². The molecular formula is C24H32N4. The summed E-state index contributed by atoms with van der Waals surface area (Å²) in [6.45, 7) is 12.4. The summed E-state index contributed by atoms with van der Waals surface area (Å²) in [5, 5.41) is 3.59. The molecule has 148 valence electrons. The van der Waals surface area contributed by atoms with Crippen LogP contribution in [0.15, 0.2) is 42.2 Å². The number of nitrogens with zero attached hydrogens (tertiary/aromatic N) is 3. The van der Waals surface area contributed by atoms with E-state index in [0.717, 1.165) is 32.0 Å². The molecule has 1 aliphatic heterocycles. The van der Waals surface area contributed by atoms with Gasteiger partial charge in [0.1, 0.15) is 5.82 Å². The van der Waals surface area contributed by atoms with E-state index < -0.39 is 0 Å². The van der Waals surface area contributed by atoms with E-state index >= 15 is 0 Å². The molecule has 1 N–H and O–H groups in total. The quantitative estimate of drug-likeness (QED) is 0.778. The number of allylic oxidation sites excluding steroid dienone is 1. The average molecular weight is 377 g/mol. The molecule has 1 atom stereocenters. The molecule has 1 unspecified atom stereocenters.